The number of benzene rings is 2. The number of ether oxygens (including phenoxy) is 2. The monoisotopic (exact) mass is 460 g/mol. The lowest BCUT2D eigenvalue weighted by Gasteiger charge is -2.14. The maximum absolute atomic E-state index is 12.5. The lowest BCUT2D eigenvalue weighted by atomic mass is 10.1. The highest BCUT2D eigenvalue weighted by Crippen LogP contribution is 2.37. The number of nitriles is 1. The number of unbranched alkanes of at least 4 members (excludes halogenated alkanes) is 3. The first-order chi connectivity index (χ1) is 15.0. The van der Waals surface area contributed by atoms with Crippen molar-refractivity contribution in [2.75, 3.05) is 18.5 Å². The van der Waals surface area contributed by atoms with Crippen molar-refractivity contribution in [1.29, 1.82) is 5.26 Å². The minimum Gasteiger partial charge on any atom is -0.490 e. The van der Waals surface area contributed by atoms with Crippen molar-refractivity contribution in [2.45, 2.75) is 39.5 Å². The standard InChI is InChI=1S/C24H26Cl2N2O3/c1-3-5-6-9-12-31-23-20(26)14-17(15-22(23)30-4-2)13-18(16-27)24(29)28-21-11-8-7-10-19(21)25/h7-8,10-11,13-15H,3-6,9,12H2,1-2H3,(H,28,29)/b18-13+. The van der Waals surface area contributed by atoms with E-state index in [2.05, 4.69) is 12.2 Å². The zero-order valence-corrected chi connectivity index (χ0v) is 19.2. The second kappa shape index (κ2) is 12.9. The molecule has 0 radical (unpaired) electrons. The molecule has 0 heterocycles. The molecular weight excluding hydrogens is 435 g/mol. The molecule has 164 valence electrons. The molecule has 0 bridgehead atoms. The molecule has 2 aromatic rings. The van der Waals surface area contributed by atoms with E-state index in [9.17, 15) is 10.1 Å². The van der Waals surface area contributed by atoms with Gasteiger partial charge in [0, 0.05) is 0 Å². The van der Waals surface area contributed by atoms with Crippen molar-refractivity contribution >= 4 is 40.9 Å². The van der Waals surface area contributed by atoms with Gasteiger partial charge in [0.2, 0.25) is 0 Å². The van der Waals surface area contributed by atoms with Crippen molar-refractivity contribution < 1.29 is 14.3 Å². The van der Waals surface area contributed by atoms with Crippen molar-refractivity contribution in [3.63, 3.8) is 0 Å². The topological polar surface area (TPSA) is 71.3 Å². The molecule has 1 N–H and O–H groups in total. The van der Waals surface area contributed by atoms with E-state index in [4.69, 9.17) is 32.7 Å². The molecule has 2 rings (SSSR count). The van der Waals surface area contributed by atoms with E-state index in [1.165, 1.54) is 6.08 Å². The average molecular weight is 461 g/mol. The Morgan fingerprint density at radius 1 is 1.10 bits per heavy atom. The Hall–Kier alpha value is -2.68. The molecule has 31 heavy (non-hydrogen) atoms. The van der Waals surface area contributed by atoms with E-state index in [0.29, 0.717) is 46.0 Å². The number of halogens is 2. The van der Waals surface area contributed by atoms with Gasteiger partial charge in [-0.3, -0.25) is 4.79 Å². The van der Waals surface area contributed by atoms with Gasteiger partial charge in [0.15, 0.2) is 11.5 Å². The van der Waals surface area contributed by atoms with Gasteiger partial charge in [-0.05, 0) is 49.2 Å². The SMILES string of the molecule is CCCCCCOc1c(Cl)cc(/C=C(\C#N)C(=O)Nc2ccccc2Cl)cc1OCC. The van der Waals surface area contributed by atoms with Crippen LogP contribution in [-0.2, 0) is 4.79 Å². The highest BCUT2D eigenvalue weighted by atomic mass is 35.5. The van der Waals surface area contributed by atoms with Crippen LogP contribution in [0.4, 0.5) is 5.69 Å². The summed E-state index contributed by atoms with van der Waals surface area (Å²) in [6, 6.07) is 12.1. The van der Waals surface area contributed by atoms with Crippen LogP contribution in [0.3, 0.4) is 0 Å². The number of hydrogen-bond donors (Lipinski definition) is 1. The van der Waals surface area contributed by atoms with Crippen LogP contribution in [0.15, 0.2) is 42.0 Å². The lowest BCUT2D eigenvalue weighted by Crippen LogP contribution is -2.13. The molecule has 2 aromatic carbocycles. The fraction of sp³-hybridized carbons (Fsp3) is 0.333. The molecule has 0 fully saturated rings. The Balaban J connectivity index is 2.23. The third kappa shape index (κ3) is 7.50. The molecule has 0 saturated heterocycles. The van der Waals surface area contributed by atoms with Crippen LogP contribution >= 0.6 is 23.2 Å². The van der Waals surface area contributed by atoms with E-state index < -0.39 is 5.91 Å². The second-order valence-corrected chi connectivity index (χ2v) is 7.59. The third-order valence-corrected chi connectivity index (χ3v) is 4.98. The molecule has 0 aliphatic heterocycles. The number of carbonyl (C=O) groups is 1. The fourth-order valence-corrected chi connectivity index (χ4v) is 3.30. The van der Waals surface area contributed by atoms with Crippen LogP contribution < -0.4 is 14.8 Å². The van der Waals surface area contributed by atoms with Gasteiger partial charge in [0.1, 0.15) is 11.6 Å². The van der Waals surface area contributed by atoms with Gasteiger partial charge in [-0.1, -0.05) is 61.5 Å². The zero-order valence-electron chi connectivity index (χ0n) is 17.7. The van der Waals surface area contributed by atoms with Crippen LogP contribution in [-0.4, -0.2) is 19.1 Å². The van der Waals surface area contributed by atoms with Gasteiger partial charge in [0.25, 0.3) is 5.91 Å². The van der Waals surface area contributed by atoms with Gasteiger partial charge < -0.3 is 14.8 Å². The minimum absolute atomic E-state index is 0.0910. The van der Waals surface area contributed by atoms with E-state index in [0.717, 1.165) is 25.7 Å². The Morgan fingerprint density at radius 2 is 1.87 bits per heavy atom. The Kier molecular flexibility index (Phi) is 10.2. The summed E-state index contributed by atoms with van der Waals surface area (Å²) in [6.45, 7) is 4.98. The summed E-state index contributed by atoms with van der Waals surface area (Å²) in [5.41, 5.74) is 0.888. The summed E-state index contributed by atoms with van der Waals surface area (Å²) in [5, 5.41) is 12.9. The van der Waals surface area contributed by atoms with E-state index >= 15 is 0 Å². The van der Waals surface area contributed by atoms with Crippen LogP contribution in [0, 0.1) is 11.3 Å². The molecule has 5 nitrogen and oxygen atoms in total. The summed E-state index contributed by atoms with van der Waals surface area (Å²) >= 11 is 12.5. The average Bonchev–Trinajstić information content (AvgIpc) is 2.75. The quantitative estimate of drug-likeness (QED) is 0.225. The molecule has 1 amide bonds. The first-order valence-electron chi connectivity index (χ1n) is 10.3. The normalized spacial score (nSPS) is 11.0. The number of rotatable bonds is 11. The van der Waals surface area contributed by atoms with Crippen molar-refractivity contribution in [3.05, 3.63) is 57.6 Å². The molecule has 0 saturated carbocycles. The largest absolute Gasteiger partial charge is 0.490 e. The van der Waals surface area contributed by atoms with Crippen molar-refractivity contribution in [3.8, 4) is 17.6 Å². The van der Waals surface area contributed by atoms with Crippen LogP contribution in [0.25, 0.3) is 6.08 Å². The number of hydrogen-bond acceptors (Lipinski definition) is 4. The maximum atomic E-state index is 12.5. The Bertz CT molecular complexity index is 968. The van der Waals surface area contributed by atoms with E-state index in [-0.39, 0.29) is 5.57 Å². The minimum atomic E-state index is -0.569. The molecular formula is C24H26Cl2N2O3. The number of para-hydroxylation sites is 1. The predicted octanol–water partition coefficient (Wildman–Crippen LogP) is 6.90. The highest BCUT2D eigenvalue weighted by molar-refractivity contribution is 6.34. The summed E-state index contributed by atoms with van der Waals surface area (Å²) in [7, 11) is 0. The van der Waals surface area contributed by atoms with Gasteiger partial charge in [-0.25, -0.2) is 0 Å². The van der Waals surface area contributed by atoms with Gasteiger partial charge in [-0.2, -0.15) is 5.26 Å². The van der Waals surface area contributed by atoms with E-state index in [1.54, 1.807) is 36.4 Å². The van der Waals surface area contributed by atoms with Gasteiger partial charge in [0.05, 0.1) is 28.9 Å². The molecule has 0 unspecified atom stereocenters. The number of nitrogens with one attached hydrogen (secondary N) is 1. The molecule has 0 aliphatic carbocycles. The van der Waals surface area contributed by atoms with Crippen LogP contribution in [0.2, 0.25) is 10.0 Å². The molecule has 0 aliphatic rings. The predicted molar refractivity (Wildman–Crippen MR) is 126 cm³/mol. The van der Waals surface area contributed by atoms with E-state index in [1.807, 2.05) is 13.0 Å². The molecule has 0 atom stereocenters. The first-order valence-corrected chi connectivity index (χ1v) is 11.0. The lowest BCUT2D eigenvalue weighted by molar-refractivity contribution is -0.112. The van der Waals surface area contributed by atoms with Crippen molar-refractivity contribution in [2.24, 2.45) is 0 Å². The summed E-state index contributed by atoms with van der Waals surface area (Å²) in [4.78, 5) is 12.5. The van der Waals surface area contributed by atoms with Crippen LogP contribution in [0.5, 0.6) is 11.5 Å². The summed E-state index contributed by atoms with van der Waals surface area (Å²) in [5.74, 6) is 0.373. The number of amides is 1. The molecule has 7 heteroatoms. The van der Waals surface area contributed by atoms with Gasteiger partial charge in [-0.15, -0.1) is 0 Å². The molecule has 0 spiro atoms. The summed E-state index contributed by atoms with van der Waals surface area (Å²) in [6.07, 6.45) is 5.78. The Labute approximate surface area is 193 Å². The van der Waals surface area contributed by atoms with Crippen molar-refractivity contribution in [1.82, 2.24) is 0 Å². The van der Waals surface area contributed by atoms with Crippen LogP contribution in [0.1, 0.15) is 45.1 Å². The highest BCUT2D eigenvalue weighted by Gasteiger charge is 2.15. The number of carbonyl (C=O) groups excluding carboxylic acids is 1. The first kappa shape index (κ1) is 24.6. The second-order valence-electron chi connectivity index (χ2n) is 6.78. The fourth-order valence-electron chi connectivity index (χ4n) is 2.84. The molecule has 0 aromatic heterocycles. The smallest absolute Gasteiger partial charge is 0.266 e. The number of nitrogens with zero attached hydrogens (tertiary/aromatic N) is 1. The Morgan fingerprint density at radius 3 is 2.55 bits per heavy atom. The maximum Gasteiger partial charge on any atom is 0.266 e. The summed E-state index contributed by atoms with van der Waals surface area (Å²) < 4.78 is 11.5. The third-order valence-electron chi connectivity index (χ3n) is 4.37. The zero-order chi connectivity index (χ0) is 22.6. The van der Waals surface area contributed by atoms with Gasteiger partial charge >= 0.3 is 0 Å². The number of anilines is 1.